The summed E-state index contributed by atoms with van der Waals surface area (Å²) in [5.74, 6) is 0.235. The van der Waals surface area contributed by atoms with E-state index in [1.807, 2.05) is 13.0 Å². The third kappa shape index (κ3) is 2.70. The van der Waals surface area contributed by atoms with Crippen LogP contribution in [0.2, 0.25) is 0 Å². The van der Waals surface area contributed by atoms with E-state index in [9.17, 15) is 9.59 Å². The molecular weight excluding hydrogens is 358 g/mol. The molecule has 1 saturated carbocycles. The minimum absolute atomic E-state index is 0.0203. The number of anilines is 1. The minimum Gasteiger partial charge on any atom is -0.448 e. The monoisotopic (exact) mass is 377 g/mol. The summed E-state index contributed by atoms with van der Waals surface area (Å²) in [5, 5.41) is 2.76. The molecule has 1 N–H and O–H groups in total. The highest BCUT2D eigenvalue weighted by Crippen LogP contribution is 2.47. The van der Waals surface area contributed by atoms with Crippen molar-refractivity contribution in [2.75, 3.05) is 5.32 Å². The molecule has 7 heteroatoms. The zero-order chi connectivity index (χ0) is 19.3. The third-order valence-corrected chi connectivity index (χ3v) is 5.25. The number of benzene rings is 1. The summed E-state index contributed by atoms with van der Waals surface area (Å²) in [6.45, 7) is 1.88. The van der Waals surface area contributed by atoms with Crippen LogP contribution in [0.4, 0.5) is 5.69 Å². The Kier molecular flexibility index (Phi) is 3.65. The highest BCUT2D eigenvalue weighted by Gasteiger charge is 2.44. The summed E-state index contributed by atoms with van der Waals surface area (Å²) in [7, 11) is 0. The molecule has 1 aliphatic carbocycles. The highest BCUT2D eigenvalue weighted by molar-refractivity contribution is 6.04. The number of fused-ring (bicyclic) bond motifs is 2. The Balaban J connectivity index is 1.42. The predicted octanol–water partition coefficient (Wildman–Crippen LogP) is 3.30. The molecule has 0 radical (unpaired) electrons. The summed E-state index contributed by atoms with van der Waals surface area (Å²) in [6.07, 6.45) is 6.86. The number of pyridine rings is 1. The second-order valence-electron chi connectivity index (χ2n) is 7.35. The van der Waals surface area contributed by atoms with E-state index in [0.29, 0.717) is 22.8 Å². The van der Waals surface area contributed by atoms with Crippen molar-refractivity contribution >= 4 is 17.2 Å². The zero-order valence-electron chi connectivity index (χ0n) is 15.4. The Hall–Kier alpha value is -3.35. The van der Waals surface area contributed by atoms with Crippen molar-refractivity contribution in [3.05, 3.63) is 64.2 Å². The molecule has 5 rings (SSSR count). The molecule has 142 valence electrons. The zero-order valence-corrected chi connectivity index (χ0v) is 15.4. The molecule has 1 aliphatic heterocycles. The van der Waals surface area contributed by atoms with Gasteiger partial charge in [-0.3, -0.25) is 14.0 Å². The molecular formula is C21H19N3O4. The second kappa shape index (κ2) is 6.09. The van der Waals surface area contributed by atoms with Crippen LogP contribution >= 0.6 is 0 Å². The van der Waals surface area contributed by atoms with E-state index in [-0.39, 0.29) is 5.56 Å². The maximum absolute atomic E-state index is 12.7. The van der Waals surface area contributed by atoms with Gasteiger partial charge in [0.1, 0.15) is 11.2 Å². The van der Waals surface area contributed by atoms with Crippen LogP contribution < -0.4 is 20.3 Å². The number of hydrogen-bond acceptors (Lipinski definition) is 5. The lowest BCUT2D eigenvalue weighted by molar-refractivity contribution is -0.0716. The summed E-state index contributed by atoms with van der Waals surface area (Å²) < 4.78 is 13.4. The number of carbonyl (C=O) groups is 1. The van der Waals surface area contributed by atoms with Crippen LogP contribution in [0.1, 0.15) is 41.6 Å². The summed E-state index contributed by atoms with van der Waals surface area (Å²) in [4.78, 5) is 29.6. The third-order valence-electron chi connectivity index (χ3n) is 5.25. The maximum Gasteiger partial charge on any atom is 0.270 e. The van der Waals surface area contributed by atoms with Gasteiger partial charge in [0.2, 0.25) is 0 Å². The van der Waals surface area contributed by atoms with Crippen LogP contribution in [0.3, 0.4) is 0 Å². The first-order chi connectivity index (χ1) is 13.5. The van der Waals surface area contributed by atoms with Crippen LogP contribution in [-0.4, -0.2) is 21.1 Å². The lowest BCUT2D eigenvalue weighted by atomic mass is 10.2. The number of nitrogens with one attached hydrogen (secondary N) is 1. The van der Waals surface area contributed by atoms with E-state index in [0.717, 1.165) is 31.2 Å². The molecule has 7 nitrogen and oxygen atoms in total. The van der Waals surface area contributed by atoms with E-state index in [1.165, 1.54) is 10.6 Å². The summed E-state index contributed by atoms with van der Waals surface area (Å²) in [5.41, 5.74) is 1.52. The van der Waals surface area contributed by atoms with Gasteiger partial charge in [0.25, 0.3) is 17.3 Å². The first-order valence-electron chi connectivity index (χ1n) is 9.35. The van der Waals surface area contributed by atoms with Crippen molar-refractivity contribution < 1.29 is 14.3 Å². The normalized spacial score (nSPS) is 16.6. The molecule has 0 bridgehead atoms. The fraction of sp³-hybridized carbons (Fsp3) is 0.286. The number of carbonyl (C=O) groups excluding carboxylic acids is 1. The van der Waals surface area contributed by atoms with E-state index in [2.05, 4.69) is 10.3 Å². The number of aromatic nitrogens is 2. The number of rotatable bonds is 2. The molecule has 2 aromatic heterocycles. The Morgan fingerprint density at radius 2 is 1.93 bits per heavy atom. The lowest BCUT2D eigenvalue weighted by Gasteiger charge is -2.21. The van der Waals surface area contributed by atoms with Crippen molar-refractivity contribution in [2.45, 2.75) is 38.4 Å². The molecule has 3 aromatic rings. The van der Waals surface area contributed by atoms with Gasteiger partial charge in [0.05, 0.1) is 0 Å². The quantitative estimate of drug-likeness (QED) is 0.741. The Morgan fingerprint density at radius 1 is 1.14 bits per heavy atom. The number of ether oxygens (including phenoxy) is 2. The van der Waals surface area contributed by atoms with Gasteiger partial charge in [-0.25, -0.2) is 4.98 Å². The van der Waals surface area contributed by atoms with Crippen LogP contribution in [0, 0.1) is 6.92 Å². The van der Waals surface area contributed by atoms with Crippen LogP contribution in [0.5, 0.6) is 11.5 Å². The van der Waals surface area contributed by atoms with Crippen molar-refractivity contribution in [2.24, 2.45) is 0 Å². The van der Waals surface area contributed by atoms with Crippen molar-refractivity contribution in [3.63, 3.8) is 0 Å². The molecule has 0 atom stereocenters. The van der Waals surface area contributed by atoms with Crippen LogP contribution in [0.25, 0.3) is 5.65 Å². The second-order valence-corrected chi connectivity index (χ2v) is 7.35. The van der Waals surface area contributed by atoms with Gasteiger partial charge in [-0.15, -0.1) is 0 Å². The minimum atomic E-state index is -0.552. The van der Waals surface area contributed by atoms with Gasteiger partial charge in [0.15, 0.2) is 11.5 Å². The van der Waals surface area contributed by atoms with Gasteiger partial charge in [-0.1, -0.05) is 6.07 Å². The number of aryl methyl sites for hydroxylation is 1. The lowest BCUT2D eigenvalue weighted by Crippen LogP contribution is -2.34. The molecule has 1 fully saturated rings. The van der Waals surface area contributed by atoms with Gasteiger partial charge in [0, 0.05) is 37.0 Å². The Morgan fingerprint density at radius 3 is 2.75 bits per heavy atom. The van der Waals surface area contributed by atoms with Crippen LogP contribution in [0.15, 0.2) is 47.5 Å². The van der Waals surface area contributed by atoms with E-state index in [4.69, 9.17) is 9.47 Å². The van der Waals surface area contributed by atoms with Crippen molar-refractivity contribution in [1.29, 1.82) is 0 Å². The molecule has 1 amide bonds. The Bertz CT molecular complexity index is 1160. The van der Waals surface area contributed by atoms with Crippen LogP contribution in [-0.2, 0) is 0 Å². The fourth-order valence-electron chi connectivity index (χ4n) is 3.83. The number of hydrogen-bond donors (Lipinski definition) is 1. The first kappa shape index (κ1) is 16.8. The van der Waals surface area contributed by atoms with E-state index in [1.54, 1.807) is 30.5 Å². The largest absolute Gasteiger partial charge is 0.448 e. The molecule has 0 saturated heterocycles. The standard InChI is InChI=1S/C21H19N3O4/c1-13-4-7-18-22-11-15(20(26)24(18)12-13)19(25)23-14-5-6-16-17(10-14)28-21(27-16)8-2-3-9-21/h4-7,10-12H,2-3,8-9H2,1H3,(H,23,25). The molecule has 2 aliphatic rings. The SMILES string of the molecule is Cc1ccc2ncc(C(=O)Nc3ccc4c(c3)OC3(CCCC3)O4)c(=O)n2c1. The average molecular weight is 377 g/mol. The smallest absolute Gasteiger partial charge is 0.270 e. The van der Waals surface area contributed by atoms with Crippen molar-refractivity contribution in [1.82, 2.24) is 9.38 Å². The van der Waals surface area contributed by atoms with Gasteiger partial charge >= 0.3 is 0 Å². The first-order valence-corrected chi connectivity index (χ1v) is 9.35. The Labute approximate surface area is 160 Å². The highest BCUT2D eigenvalue weighted by atomic mass is 16.7. The van der Waals surface area contributed by atoms with E-state index < -0.39 is 17.3 Å². The van der Waals surface area contributed by atoms with Gasteiger partial charge in [-0.2, -0.15) is 0 Å². The fourth-order valence-corrected chi connectivity index (χ4v) is 3.83. The maximum atomic E-state index is 12.7. The topological polar surface area (TPSA) is 81.9 Å². The van der Waals surface area contributed by atoms with Gasteiger partial charge in [-0.05, 0) is 43.5 Å². The van der Waals surface area contributed by atoms with Gasteiger partial charge < -0.3 is 14.8 Å². The molecule has 1 spiro atoms. The molecule has 1 aromatic carbocycles. The molecule has 28 heavy (non-hydrogen) atoms. The van der Waals surface area contributed by atoms with Crippen molar-refractivity contribution in [3.8, 4) is 11.5 Å². The average Bonchev–Trinajstić information content (AvgIpc) is 3.28. The molecule has 0 unspecified atom stereocenters. The number of amides is 1. The van der Waals surface area contributed by atoms with E-state index >= 15 is 0 Å². The molecule has 3 heterocycles. The summed E-state index contributed by atoms with van der Waals surface area (Å²) >= 11 is 0. The summed E-state index contributed by atoms with van der Waals surface area (Å²) in [6, 6.07) is 8.87. The predicted molar refractivity (Wildman–Crippen MR) is 103 cm³/mol. The number of nitrogens with zero attached hydrogens (tertiary/aromatic N) is 2.